The SMILES string of the molecule is COc1cnn(CCN(C)C)c1C(NN)c1ccoc1Cl. The molecule has 7 nitrogen and oxygen atoms in total. The Bertz CT molecular complexity index is 581. The minimum Gasteiger partial charge on any atom is -0.493 e. The number of rotatable bonds is 7. The number of halogens is 1. The minimum atomic E-state index is -0.365. The maximum atomic E-state index is 6.06. The van der Waals surface area contributed by atoms with E-state index in [-0.39, 0.29) is 6.04 Å². The number of hydrogen-bond acceptors (Lipinski definition) is 6. The van der Waals surface area contributed by atoms with Gasteiger partial charge in [-0.05, 0) is 31.8 Å². The molecule has 1 atom stereocenters. The lowest BCUT2D eigenvalue weighted by Gasteiger charge is -2.19. The molecule has 2 aromatic rings. The van der Waals surface area contributed by atoms with Gasteiger partial charge in [0.2, 0.25) is 0 Å². The van der Waals surface area contributed by atoms with Crippen molar-refractivity contribution in [3.05, 3.63) is 35.0 Å². The summed E-state index contributed by atoms with van der Waals surface area (Å²) in [7, 11) is 5.61. The van der Waals surface area contributed by atoms with Gasteiger partial charge >= 0.3 is 0 Å². The van der Waals surface area contributed by atoms with Crippen molar-refractivity contribution in [3.63, 3.8) is 0 Å². The standard InChI is InChI=1S/C13H20ClN5O2/c1-18(2)5-6-19-12(10(20-3)8-16-19)11(17-15)9-4-7-21-13(9)14/h4,7-8,11,17H,5-6,15H2,1-3H3. The van der Waals surface area contributed by atoms with Crippen molar-refractivity contribution in [2.45, 2.75) is 12.6 Å². The highest BCUT2D eigenvalue weighted by molar-refractivity contribution is 6.29. The van der Waals surface area contributed by atoms with Crippen LogP contribution in [0.3, 0.4) is 0 Å². The first-order valence-corrected chi connectivity index (χ1v) is 6.89. The van der Waals surface area contributed by atoms with E-state index in [4.69, 9.17) is 26.6 Å². The highest BCUT2D eigenvalue weighted by atomic mass is 35.5. The summed E-state index contributed by atoms with van der Waals surface area (Å²) in [6.07, 6.45) is 3.19. The summed E-state index contributed by atoms with van der Waals surface area (Å²) in [4.78, 5) is 2.08. The number of furan rings is 1. The van der Waals surface area contributed by atoms with Crippen molar-refractivity contribution in [2.75, 3.05) is 27.7 Å². The van der Waals surface area contributed by atoms with Crippen LogP contribution in [0.1, 0.15) is 17.3 Å². The van der Waals surface area contributed by atoms with Crippen LogP contribution >= 0.6 is 11.6 Å². The zero-order chi connectivity index (χ0) is 15.4. The predicted octanol–water partition coefficient (Wildman–Crippen LogP) is 1.25. The molecule has 3 N–H and O–H groups in total. The lowest BCUT2D eigenvalue weighted by atomic mass is 10.1. The maximum Gasteiger partial charge on any atom is 0.198 e. The molecule has 0 aliphatic rings. The quantitative estimate of drug-likeness (QED) is 0.591. The minimum absolute atomic E-state index is 0.292. The van der Waals surface area contributed by atoms with Gasteiger partial charge in [0, 0.05) is 12.1 Å². The Hall–Kier alpha value is -1.54. The van der Waals surface area contributed by atoms with Gasteiger partial charge in [-0.25, -0.2) is 5.43 Å². The molecule has 0 saturated heterocycles. The van der Waals surface area contributed by atoms with Crippen LogP contribution in [0.2, 0.25) is 5.22 Å². The zero-order valence-corrected chi connectivity index (χ0v) is 13.1. The summed E-state index contributed by atoms with van der Waals surface area (Å²) in [5.41, 5.74) is 4.30. The summed E-state index contributed by atoms with van der Waals surface area (Å²) < 4.78 is 12.4. The Morgan fingerprint density at radius 1 is 1.57 bits per heavy atom. The molecule has 21 heavy (non-hydrogen) atoms. The van der Waals surface area contributed by atoms with Crippen LogP contribution in [0.25, 0.3) is 0 Å². The van der Waals surface area contributed by atoms with Crippen LogP contribution in [0, 0.1) is 0 Å². The molecule has 2 rings (SSSR count). The summed E-state index contributed by atoms with van der Waals surface area (Å²) in [5.74, 6) is 6.36. The van der Waals surface area contributed by atoms with E-state index in [0.29, 0.717) is 17.5 Å². The number of methoxy groups -OCH3 is 1. The number of ether oxygens (including phenoxy) is 1. The highest BCUT2D eigenvalue weighted by Crippen LogP contribution is 2.33. The molecule has 0 aliphatic heterocycles. The van der Waals surface area contributed by atoms with Crippen LogP contribution < -0.4 is 16.0 Å². The van der Waals surface area contributed by atoms with Crippen LogP contribution in [0.4, 0.5) is 0 Å². The fourth-order valence-corrected chi connectivity index (χ4v) is 2.35. The van der Waals surface area contributed by atoms with E-state index in [0.717, 1.165) is 17.8 Å². The van der Waals surface area contributed by atoms with Gasteiger partial charge in [0.15, 0.2) is 11.0 Å². The summed E-state index contributed by atoms with van der Waals surface area (Å²) >= 11 is 6.06. The average Bonchev–Trinajstić information content (AvgIpc) is 3.05. The second-order valence-electron chi connectivity index (χ2n) is 4.87. The van der Waals surface area contributed by atoms with E-state index >= 15 is 0 Å². The smallest absolute Gasteiger partial charge is 0.198 e. The molecule has 0 spiro atoms. The molecule has 0 saturated carbocycles. The maximum absolute atomic E-state index is 6.06. The zero-order valence-electron chi connectivity index (χ0n) is 12.3. The van der Waals surface area contributed by atoms with Gasteiger partial charge < -0.3 is 14.1 Å². The van der Waals surface area contributed by atoms with Gasteiger partial charge in [0.1, 0.15) is 5.69 Å². The lowest BCUT2D eigenvalue weighted by Crippen LogP contribution is -2.32. The Kier molecular flexibility index (Phi) is 5.24. The summed E-state index contributed by atoms with van der Waals surface area (Å²) in [5, 5.41) is 4.66. The molecule has 116 valence electrons. The predicted molar refractivity (Wildman–Crippen MR) is 80.2 cm³/mol. The van der Waals surface area contributed by atoms with Gasteiger partial charge in [-0.3, -0.25) is 10.5 Å². The van der Waals surface area contributed by atoms with Crippen molar-refractivity contribution < 1.29 is 9.15 Å². The third-order valence-electron chi connectivity index (χ3n) is 3.22. The molecular formula is C13H20ClN5O2. The van der Waals surface area contributed by atoms with Crippen LogP contribution in [-0.2, 0) is 6.54 Å². The topological polar surface area (TPSA) is 81.5 Å². The average molecular weight is 314 g/mol. The van der Waals surface area contributed by atoms with Gasteiger partial charge in [-0.2, -0.15) is 5.10 Å². The molecule has 1 unspecified atom stereocenters. The Morgan fingerprint density at radius 2 is 2.33 bits per heavy atom. The normalized spacial score (nSPS) is 12.9. The molecule has 2 aromatic heterocycles. The van der Waals surface area contributed by atoms with Gasteiger partial charge in [0.05, 0.1) is 32.2 Å². The number of aromatic nitrogens is 2. The summed E-state index contributed by atoms with van der Waals surface area (Å²) in [6.45, 7) is 1.55. The van der Waals surface area contributed by atoms with E-state index in [1.54, 1.807) is 19.4 Å². The number of hydrazine groups is 1. The van der Waals surface area contributed by atoms with Gasteiger partial charge in [-0.1, -0.05) is 0 Å². The van der Waals surface area contributed by atoms with E-state index in [2.05, 4.69) is 15.4 Å². The number of nitrogens with zero attached hydrogens (tertiary/aromatic N) is 3. The monoisotopic (exact) mass is 313 g/mol. The molecule has 8 heteroatoms. The van der Waals surface area contributed by atoms with Crippen LogP contribution in [0.15, 0.2) is 22.9 Å². The van der Waals surface area contributed by atoms with E-state index in [1.807, 2.05) is 18.8 Å². The third kappa shape index (κ3) is 3.38. The first-order valence-electron chi connectivity index (χ1n) is 6.52. The summed E-state index contributed by atoms with van der Waals surface area (Å²) in [6, 6.07) is 1.41. The number of likely N-dealkylation sites (N-methyl/N-ethyl adjacent to an activating group) is 1. The molecule has 0 bridgehead atoms. The Labute approximate surface area is 128 Å². The largest absolute Gasteiger partial charge is 0.493 e. The van der Waals surface area contributed by atoms with E-state index in [1.165, 1.54) is 6.26 Å². The molecule has 2 heterocycles. The van der Waals surface area contributed by atoms with Gasteiger partial charge in [-0.15, -0.1) is 0 Å². The number of nitrogens with two attached hydrogens (primary N) is 1. The van der Waals surface area contributed by atoms with Crippen molar-refractivity contribution in [3.8, 4) is 5.75 Å². The molecule has 0 fully saturated rings. The first kappa shape index (κ1) is 15.8. The first-order chi connectivity index (χ1) is 10.1. The fourth-order valence-electron chi connectivity index (χ4n) is 2.13. The molecule has 0 aliphatic carbocycles. The van der Waals surface area contributed by atoms with Crippen molar-refractivity contribution >= 4 is 11.6 Å². The number of nitrogens with one attached hydrogen (secondary N) is 1. The number of hydrogen-bond donors (Lipinski definition) is 2. The molecular weight excluding hydrogens is 294 g/mol. The highest BCUT2D eigenvalue weighted by Gasteiger charge is 2.26. The van der Waals surface area contributed by atoms with Gasteiger partial charge in [0.25, 0.3) is 0 Å². The second kappa shape index (κ2) is 6.95. The molecule has 0 radical (unpaired) electrons. The molecule has 0 amide bonds. The fraction of sp³-hybridized carbons (Fsp3) is 0.462. The Balaban J connectivity index is 2.39. The second-order valence-corrected chi connectivity index (χ2v) is 5.22. The van der Waals surface area contributed by atoms with Crippen LogP contribution in [-0.4, -0.2) is 42.4 Å². The van der Waals surface area contributed by atoms with Crippen molar-refractivity contribution in [1.82, 2.24) is 20.1 Å². The van der Waals surface area contributed by atoms with Crippen LogP contribution in [0.5, 0.6) is 5.75 Å². The Morgan fingerprint density at radius 3 is 2.86 bits per heavy atom. The van der Waals surface area contributed by atoms with E-state index < -0.39 is 0 Å². The van der Waals surface area contributed by atoms with Crippen molar-refractivity contribution in [2.24, 2.45) is 5.84 Å². The molecule has 0 aromatic carbocycles. The van der Waals surface area contributed by atoms with Crippen molar-refractivity contribution in [1.29, 1.82) is 0 Å². The third-order valence-corrected chi connectivity index (χ3v) is 3.53. The van der Waals surface area contributed by atoms with E-state index in [9.17, 15) is 0 Å². The lowest BCUT2D eigenvalue weighted by molar-refractivity contribution is 0.359.